The van der Waals surface area contributed by atoms with E-state index in [4.69, 9.17) is 26.2 Å². The van der Waals surface area contributed by atoms with E-state index in [1.54, 1.807) is 18.3 Å². The predicted molar refractivity (Wildman–Crippen MR) is 181 cm³/mol. The van der Waals surface area contributed by atoms with Gasteiger partial charge in [-0.15, -0.1) is 0 Å². The number of carbonyl (C=O) groups is 3. The molecule has 2 fully saturated rings. The van der Waals surface area contributed by atoms with Crippen LogP contribution in [0.5, 0.6) is 11.5 Å². The number of aliphatic carboxylic acids is 1. The van der Waals surface area contributed by atoms with Crippen LogP contribution in [-0.2, 0) is 19.1 Å². The lowest BCUT2D eigenvalue weighted by atomic mass is 9.69. The first-order valence-corrected chi connectivity index (χ1v) is 16.9. The van der Waals surface area contributed by atoms with Gasteiger partial charge in [-0.3, -0.25) is 24.3 Å². The summed E-state index contributed by atoms with van der Waals surface area (Å²) >= 11 is 6.47. The Balaban J connectivity index is 1.25. The first kappa shape index (κ1) is 33.4. The molecule has 4 atom stereocenters. The Hall–Kier alpha value is -4.47. The lowest BCUT2D eigenvalue weighted by Gasteiger charge is -2.32. The highest BCUT2D eigenvalue weighted by Crippen LogP contribution is 2.50. The molecular weight excluding hydrogens is 632 g/mol. The van der Waals surface area contributed by atoms with Crippen LogP contribution in [0.25, 0.3) is 11.6 Å². The Morgan fingerprint density at radius 3 is 2.56 bits per heavy atom. The fraction of sp³-hybridized carbons (Fsp3) is 0.368. The molecule has 3 aliphatic rings. The molecule has 3 heterocycles. The molecule has 250 valence electrons. The number of likely N-dealkylation sites (tertiary alicyclic amines) is 1. The van der Waals surface area contributed by atoms with E-state index < -0.39 is 17.8 Å². The second-order valence-corrected chi connectivity index (χ2v) is 13.0. The third-order valence-electron chi connectivity index (χ3n) is 9.51. The number of rotatable bonds is 14. The van der Waals surface area contributed by atoms with E-state index in [0.717, 1.165) is 33.7 Å². The van der Waals surface area contributed by atoms with Gasteiger partial charge in [-0.1, -0.05) is 42.3 Å². The number of fused-ring (bicyclic) bond motifs is 3. The Kier molecular flexibility index (Phi) is 10.6. The van der Waals surface area contributed by atoms with Crippen LogP contribution in [0, 0.1) is 17.8 Å². The number of hydrogen-bond acceptors (Lipinski definition) is 7. The van der Waals surface area contributed by atoms with Crippen LogP contribution in [0.1, 0.15) is 56.2 Å². The summed E-state index contributed by atoms with van der Waals surface area (Å²) in [6.07, 6.45) is 6.89. The number of carboxylic acid groups (broad SMARTS) is 1. The van der Waals surface area contributed by atoms with E-state index in [-0.39, 0.29) is 36.0 Å². The molecule has 2 aliphatic heterocycles. The lowest BCUT2D eigenvalue weighted by molar-refractivity contribution is -0.141. The van der Waals surface area contributed by atoms with Crippen molar-refractivity contribution >= 4 is 41.0 Å². The van der Waals surface area contributed by atoms with Gasteiger partial charge in [-0.2, -0.15) is 0 Å². The van der Waals surface area contributed by atoms with Crippen LogP contribution in [-0.4, -0.2) is 63.7 Å². The van der Waals surface area contributed by atoms with Crippen molar-refractivity contribution in [2.75, 3.05) is 19.8 Å². The third-order valence-corrected chi connectivity index (χ3v) is 9.84. The van der Waals surface area contributed by atoms with Gasteiger partial charge < -0.3 is 19.7 Å². The van der Waals surface area contributed by atoms with Gasteiger partial charge in [-0.05, 0) is 103 Å². The number of pyridine rings is 1. The predicted octanol–water partition coefficient (Wildman–Crippen LogP) is 6.80. The molecule has 9 nitrogen and oxygen atoms in total. The van der Waals surface area contributed by atoms with E-state index in [9.17, 15) is 19.5 Å². The molecule has 1 aromatic heterocycles. The number of phenolic OH excluding ortho intramolecular Hbond substituents is 1. The van der Waals surface area contributed by atoms with E-state index >= 15 is 0 Å². The highest BCUT2D eigenvalue weighted by molar-refractivity contribution is 6.32. The van der Waals surface area contributed by atoms with E-state index in [0.29, 0.717) is 63.3 Å². The number of allylic oxidation sites excluding steroid dienone is 1. The number of unbranched alkanes of at least 4 members (excludes halogenated alkanes) is 2. The number of phenols is 1. The molecule has 2 saturated heterocycles. The third kappa shape index (κ3) is 7.48. The number of carbonyl (C=O) groups excluding carboxylic acids is 2. The standard InChI is InChI=1S/C38H39ClN2O7/c39-31-21-27(42)15-13-24(31)19-25(32-11-6-7-17-40-32)14-16-33-35-26(22-47-28-9-3-1-4-10-28)20-29-36(30(35)23-48-33)38(46)41(37(29)45)18-8-2-5-12-34(43)44/h1,3-4,6-7,9-11,13,15,17,19,21,29-30,33,36,42H,2,5,8,12,14,16,18,20,22-23H2,(H,43,44)/b25-19-/t29-,30+,33-,36-/m1/s1. The summed E-state index contributed by atoms with van der Waals surface area (Å²) in [5.41, 5.74) is 4.57. The zero-order chi connectivity index (χ0) is 33.6. The van der Waals surface area contributed by atoms with E-state index in [1.807, 2.05) is 54.6 Å². The zero-order valence-electron chi connectivity index (χ0n) is 26.6. The molecule has 0 spiro atoms. The number of aromatic nitrogens is 1. The molecule has 6 rings (SSSR count). The number of aromatic hydroxyl groups is 1. The summed E-state index contributed by atoms with van der Waals surface area (Å²) in [6.45, 7) is 0.931. The Labute approximate surface area is 284 Å². The molecule has 0 radical (unpaired) electrons. The summed E-state index contributed by atoms with van der Waals surface area (Å²) in [5, 5.41) is 19.2. The molecule has 3 aromatic rings. The van der Waals surface area contributed by atoms with Gasteiger partial charge in [0.1, 0.15) is 18.1 Å². The summed E-state index contributed by atoms with van der Waals surface area (Å²) in [7, 11) is 0. The summed E-state index contributed by atoms with van der Waals surface area (Å²) in [6, 6.07) is 20.1. The van der Waals surface area contributed by atoms with Gasteiger partial charge >= 0.3 is 5.97 Å². The first-order chi connectivity index (χ1) is 23.3. The minimum atomic E-state index is -0.846. The Morgan fingerprint density at radius 2 is 1.81 bits per heavy atom. The largest absolute Gasteiger partial charge is 0.508 e. The molecule has 0 saturated carbocycles. The van der Waals surface area contributed by atoms with Crippen molar-refractivity contribution in [3.8, 4) is 11.5 Å². The highest BCUT2D eigenvalue weighted by Gasteiger charge is 2.56. The van der Waals surface area contributed by atoms with Crippen LogP contribution in [0.2, 0.25) is 5.02 Å². The smallest absolute Gasteiger partial charge is 0.303 e. The maximum Gasteiger partial charge on any atom is 0.303 e. The minimum Gasteiger partial charge on any atom is -0.508 e. The van der Waals surface area contributed by atoms with Gasteiger partial charge in [0.2, 0.25) is 11.8 Å². The molecule has 48 heavy (non-hydrogen) atoms. The van der Waals surface area contributed by atoms with Crippen LogP contribution in [0.15, 0.2) is 84.1 Å². The van der Waals surface area contributed by atoms with Gasteiger partial charge in [-0.25, -0.2) is 0 Å². The number of imide groups is 1. The highest BCUT2D eigenvalue weighted by atomic mass is 35.5. The number of halogens is 1. The number of amides is 2. The monoisotopic (exact) mass is 670 g/mol. The average molecular weight is 671 g/mol. The number of hydrogen-bond donors (Lipinski definition) is 2. The second kappa shape index (κ2) is 15.2. The number of carboxylic acids is 1. The number of ether oxygens (including phenoxy) is 2. The van der Waals surface area contributed by atoms with Crippen LogP contribution < -0.4 is 4.74 Å². The summed E-state index contributed by atoms with van der Waals surface area (Å²) in [4.78, 5) is 44.4. The first-order valence-electron chi connectivity index (χ1n) is 16.5. The fourth-order valence-electron chi connectivity index (χ4n) is 7.24. The maximum absolute atomic E-state index is 13.8. The van der Waals surface area contributed by atoms with Gasteiger partial charge in [0, 0.05) is 25.1 Å². The SMILES string of the molecule is O=C(O)CCCCCN1C(=O)[C@@H]2[C@@H](CC(COc3ccccc3)=C3[C@@H](CC/C(=C/c4ccc(O)cc4Cl)c4ccccn4)OC[C@@H]32)C1=O. The summed E-state index contributed by atoms with van der Waals surface area (Å²) in [5.74, 6) is -1.54. The molecular formula is C38H39ClN2O7. The maximum atomic E-state index is 13.8. The number of nitrogens with zero attached hydrogens (tertiary/aromatic N) is 2. The van der Waals surface area contributed by atoms with Gasteiger partial charge in [0.15, 0.2) is 0 Å². The summed E-state index contributed by atoms with van der Waals surface area (Å²) < 4.78 is 12.7. The Morgan fingerprint density at radius 1 is 1.00 bits per heavy atom. The van der Waals surface area contributed by atoms with Gasteiger partial charge in [0.25, 0.3) is 0 Å². The topological polar surface area (TPSA) is 126 Å². The lowest BCUT2D eigenvalue weighted by Crippen LogP contribution is -2.35. The molecule has 10 heteroatoms. The van der Waals surface area contributed by atoms with Crippen LogP contribution in [0.3, 0.4) is 0 Å². The molecule has 0 unspecified atom stereocenters. The van der Waals surface area contributed by atoms with Crippen molar-refractivity contribution in [2.45, 2.75) is 51.0 Å². The van der Waals surface area contributed by atoms with Crippen molar-refractivity contribution in [3.05, 3.63) is 100 Å². The van der Waals surface area contributed by atoms with Crippen molar-refractivity contribution < 1.29 is 34.1 Å². The van der Waals surface area contributed by atoms with Crippen molar-refractivity contribution in [1.29, 1.82) is 0 Å². The second-order valence-electron chi connectivity index (χ2n) is 12.6. The van der Waals surface area contributed by atoms with Gasteiger partial charge in [0.05, 0.1) is 35.3 Å². The fourth-order valence-corrected chi connectivity index (χ4v) is 7.46. The number of benzene rings is 2. The van der Waals surface area contributed by atoms with Crippen LogP contribution >= 0.6 is 11.6 Å². The Bertz CT molecular complexity index is 1710. The molecule has 0 bridgehead atoms. The normalized spacial score (nSPS) is 22.2. The molecule has 1 aliphatic carbocycles. The molecule has 2 aromatic carbocycles. The molecule has 2 amide bonds. The molecule has 2 N–H and O–H groups in total. The van der Waals surface area contributed by atoms with Crippen LogP contribution in [0.4, 0.5) is 0 Å². The van der Waals surface area contributed by atoms with E-state index in [2.05, 4.69) is 4.98 Å². The van der Waals surface area contributed by atoms with Crippen molar-refractivity contribution in [2.24, 2.45) is 17.8 Å². The zero-order valence-corrected chi connectivity index (χ0v) is 27.4. The average Bonchev–Trinajstić information content (AvgIpc) is 3.61. The minimum absolute atomic E-state index is 0.0746. The quantitative estimate of drug-likeness (QED) is 0.109. The van der Waals surface area contributed by atoms with Crippen molar-refractivity contribution in [3.63, 3.8) is 0 Å². The van der Waals surface area contributed by atoms with E-state index in [1.165, 1.54) is 11.0 Å². The number of para-hydroxylation sites is 1. The van der Waals surface area contributed by atoms with Crippen molar-refractivity contribution in [1.82, 2.24) is 9.88 Å².